The molecule has 1 aromatic rings. The Labute approximate surface area is 119 Å². The molecule has 0 atom stereocenters. The predicted octanol–water partition coefficient (Wildman–Crippen LogP) is 3.24. The van der Waals surface area contributed by atoms with E-state index in [1.165, 1.54) is 0 Å². The van der Waals surface area contributed by atoms with E-state index in [1.807, 2.05) is 40.7 Å². The van der Waals surface area contributed by atoms with Gasteiger partial charge in [0, 0.05) is 10.4 Å². The van der Waals surface area contributed by atoms with Crippen molar-refractivity contribution in [3.05, 3.63) is 24.0 Å². The highest BCUT2D eigenvalue weighted by Gasteiger charge is 2.52. The molecule has 0 radical (unpaired) electrons. The summed E-state index contributed by atoms with van der Waals surface area (Å²) in [5.41, 5.74) is -0.416. The van der Waals surface area contributed by atoms with Crippen LogP contribution in [0.2, 0.25) is 0 Å². The Morgan fingerprint density at radius 2 is 1.74 bits per heavy atom. The van der Waals surface area contributed by atoms with Crippen molar-refractivity contribution in [1.82, 2.24) is 0 Å². The van der Waals surface area contributed by atoms with E-state index in [1.54, 1.807) is 23.9 Å². The molecule has 0 saturated carbocycles. The van der Waals surface area contributed by atoms with Crippen molar-refractivity contribution in [1.29, 1.82) is 0 Å². The molecule has 0 bridgehead atoms. The summed E-state index contributed by atoms with van der Waals surface area (Å²) < 4.78 is 25.9. The second-order valence-corrected chi connectivity index (χ2v) is 7.04. The molecule has 0 unspecified atom stereocenters. The topological polar surface area (TPSA) is 18.5 Å². The summed E-state index contributed by atoms with van der Waals surface area (Å²) >= 11 is 1.62. The van der Waals surface area contributed by atoms with Crippen LogP contribution in [0.15, 0.2) is 23.1 Å². The maximum absolute atomic E-state index is 14.2. The molecule has 2 nitrogen and oxygen atoms in total. The minimum absolute atomic E-state index is 0.267. The molecule has 1 heterocycles. The Morgan fingerprint density at radius 1 is 1.16 bits per heavy atom. The van der Waals surface area contributed by atoms with Crippen LogP contribution < -0.4 is 5.46 Å². The van der Waals surface area contributed by atoms with Gasteiger partial charge in [-0.15, -0.1) is 11.8 Å². The summed E-state index contributed by atoms with van der Waals surface area (Å²) in [6.45, 7) is 9.90. The molecular formula is C14H20BFO2S. The fourth-order valence-electron chi connectivity index (χ4n) is 1.93. The zero-order valence-electron chi connectivity index (χ0n) is 12.1. The molecule has 19 heavy (non-hydrogen) atoms. The molecule has 1 aliphatic rings. The lowest BCUT2D eigenvalue weighted by Gasteiger charge is -2.32. The van der Waals surface area contributed by atoms with Gasteiger partial charge in [-0.1, -0.05) is 13.0 Å². The molecule has 2 rings (SSSR count). The van der Waals surface area contributed by atoms with Gasteiger partial charge in [-0.3, -0.25) is 0 Å². The van der Waals surface area contributed by atoms with Gasteiger partial charge in [-0.2, -0.15) is 0 Å². The lowest BCUT2D eigenvalue weighted by molar-refractivity contribution is 0.00578. The number of benzene rings is 1. The molecule has 0 N–H and O–H groups in total. The summed E-state index contributed by atoms with van der Waals surface area (Å²) in [4.78, 5) is 0.931. The molecule has 0 spiro atoms. The summed E-state index contributed by atoms with van der Waals surface area (Å²) in [5.74, 6) is 0.659. The van der Waals surface area contributed by atoms with E-state index in [0.29, 0.717) is 5.46 Å². The van der Waals surface area contributed by atoms with Crippen LogP contribution >= 0.6 is 11.8 Å². The Balaban J connectivity index is 2.25. The van der Waals surface area contributed by atoms with Crippen LogP contribution in [0.1, 0.15) is 34.6 Å². The molecule has 1 fully saturated rings. The van der Waals surface area contributed by atoms with Crippen LogP contribution in [0.25, 0.3) is 0 Å². The fraction of sp³-hybridized carbons (Fsp3) is 0.571. The van der Waals surface area contributed by atoms with Gasteiger partial charge in [0.25, 0.3) is 0 Å². The average molecular weight is 282 g/mol. The highest BCUT2D eigenvalue weighted by molar-refractivity contribution is 7.99. The Kier molecular flexibility index (Phi) is 4.01. The van der Waals surface area contributed by atoms with E-state index in [9.17, 15) is 4.39 Å². The third kappa shape index (κ3) is 2.83. The van der Waals surface area contributed by atoms with Crippen LogP contribution in [-0.4, -0.2) is 24.1 Å². The van der Waals surface area contributed by atoms with Crippen LogP contribution in [-0.2, 0) is 9.31 Å². The van der Waals surface area contributed by atoms with Crippen LogP contribution in [0.5, 0.6) is 0 Å². The third-order valence-corrected chi connectivity index (χ3v) is 4.67. The number of halogens is 1. The summed E-state index contributed by atoms with van der Waals surface area (Å²) in [6, 6.07) is 5.22. The van der Waals surface area contributed by atoms with Crippen molar-refractivity contribution >= 4 is 24.3 Å². The lowest BCUT2D eigenvalue weighted by atomic mass is 9.79. The quantitative estimate of drug-likeness (QED) is 0.626. The van der Waals surface area contributed by atoms with Crippen molar-refractivity contribution in [3.8, 4) is 0 Å². The third-order valence-electron chi connectivity index (χ3n) is 3.79. The minimum Gasteiger partial charge on any atom is -0.399 e. The van der Waals surface area contributed by atoms with E-state index in [0.717, 1.165) is 10.6 Å². The van der Waals surface area contributed by atoms with Gasteiger partial charge < -0.3 is 9.31 Å². The monoisotopic (exact) mass is 282 g/mol. The Morgan fingerprint density at radius 3 is 2.21 bits per heavy atom. The molecule has 1 aromatic carbocycles. The van der Waals surface area contributed by atoms with Gasteiger partial charge in [0.15, 0.2) is 0 Å². The van der Waals surface area contributed by atoms with Crippen molar-refractivity contribution < 1.29 is 13.7 Å². The van der Waals surface area contributed by atoms with Gasteiger partial charge in [-0.25, -0.2) is 4.39 Å². The van der Waals surface area contributed by atoms with E-state index < -0.39 is 18.3 Å². The van der Waals surface area contributed by atoms with Crippen molar-refractivity contribution in [2.75, 3.05) is 5.75 Å². The highest BCUT2D eigenvalue weighted by Crippen LogP contribution is 2.36. The van der Waals surface area contributed by atoms with Gasteiger partial charge in [0.1, 0.15) is 5.82 Å². The van der Waals surface area contributed by atoms with E-state index in [-0.39, 0.29) is 5.82 Å². The number of hydrogen-bond donors (Lipinski definition) is 0. The minimum atomic E-state index is -0.634. The normalized spacial score (nSPS) is 20.8. The summed E-state index contributed by atoms with van der Waals surface area (Å²) in [5, 5.41) is 0. The largest absolute Gasteiger partial charge is 0.497 e. The van der Waals surface area contributed by atoms with Crippen LogP contribution in [0, 0.1) is 5.82 Å². The number of rotatable bonds is 3. The fourth-order valence-corrected chi connectivity index (χ4v) is 2.61. The maximum Gasteiger partial charge on any atom is 0.497 e. The van der Waals surface area contributed by atoms with Crippen molar-refractivity contribution in [3.63, 3.8) is 0 Å². The number of hydrogen-bond acceptors (Lipinski definition) is 3. The summed E-state index contributed by atoms with van der Waals surface area (Å²) in [6.07, 6.45) is 0. The molecule has 1 aliphatic heterocycles. The Bertz CT molecular complexity index is 461. The predicted molar refractivity (Wildman–Crippen MR) is 78.5 cm³/mol. The molecule has 0 aliphatic carbocycles. The van der Waals surface area contributed by atoms with E-state index in [2.05, 4.69) is 0 Å². The SMILES string of the molecule is CCSc1ccc(B2OC(C)(C)C(C)(C)O2)c(F)c1. The molecular weight excluding hydrogens is 262 g/mol. The molecule has 1 saturated heterocycles. The molecule has 0 aromatic heterocycles. The molecule has 0 amide bonds. The smallest absolute Gasteiger partial charge is 0.399 e. The second-order valence-electron chi connectivity index (χ2n) is 5.70. The van der Waals surface area contributed by atoms with E-state index >= 15 is 0 Å². The summed E-state index contributed by atoms with van der Waals surface area (Å²) in [7, 11) is -0.634. The van der Waals surface area contributed by atoms with Crippen molar-refractivity contribution in [2.24, 2.45) is 0 Å². The maximum atomic E-state index is 14.2. The molecule has 5 heteroatoms. The zero-order valence-corrected chi connectivity index (χ0v) is 12.9. The first-order chi connectivity index (χ1) is 8.77. The van der Waals surface area contributed by atoms with Gasteiger partial charge in [-0.05, 0) is 45.6 Å². The molecule has 104 valence electrons. The van der Waals surface area contributed by atoms with Crippen molar-refractivity contribution in [2.45, 2.75) is 50.7 Å². The van der Waals surface area contributed by atoms with E-state index in [4.69, 9.17) is 9.31 Å². The van der Waals surface area contributed by atoms with Gasteiger partial charge >= 0.3 is 7.12 Å². The zero-order chi connectivity index (χ0) is 14.3. The van der Waals surface area contributed by atoms with Gasteiger partial charge in [0.2, 0.25) is 0 Å². The average Bonchev–Trinajstić information content (AvgIpc) is 2.48. The Hall–Kier alpha value is -0.515. The highest BCUT2D eigenvalue weighted by atomic mass is 32.2. The number of thioether (sulfide) groups is 1. The van der Waals surface area contributed by atoms with Crippen LogP contribution in [0.4, 0.5) is 4.39 Å². The standard InChI is InChI=1S/C14H20BFO2S/c1-6-19-10-7-8-11(12(16)9-10)15-17-13(2,3)14(4,5)18-15/h7-9H,6H2,1-5H3. The first-order valence-electron chi connectivity index (χ1n) is 6.55. The lowest BCUT2D eigenvalue weighted by Crippen LogP contribution is -2.41. The van der Waals surface area contributed by atoms with Gasteiger partial charge in [0.05, 0.1) is 11.2 Å². The first-order valence-corrected chi connectivity index (χ1v) is 7.53. The van der Waals surface area contributed by atoms with Crippen LogP contribution in [0.3, 0.4) is 0 Å². The second kappa shape index (κ2) is 5.11. The first kappa shape index (κ1) is 14.9.